The minimum absolute atomic E-state index is 0.204. The molecule has 0 atom stereocenters. The van der Waals surface area contributed by atoms with Crippen LogP contribution in [0.15, 0.2) is 24.3 Å². The van der Waals surface area contributed by atoms with Gasteiger partial charge in [0.15, 0.2) is 0 Å². The number of piperidine rings is 1. The molecule has 0 radical (unpaired) electrons. The maximum Gasteiger partial charge on any atom is 0.122 e. The molecule has 0 unspecified atom stereocenters. The zero-order chi connectivity index (χ0) is 14.1. The quantitative estimate of drug-likeness (QED) is 0.823. The first-order chi connectivity index (χ1) is 9.17. The van der Waals surface area contributed by atoms with Gasteiger partial charge >= 0.3 is 0 Å². The molecule has 3 nitrogen and oxygen atoms in total. The van der Waals surface area contributed by atoms with Crippen LogP contribution in [0.2, 0.25) is 0 Å². The lowest BCUT2D eigenvalue weighted by Gasteiger charge is -2.23. The highest BCUT2D eigenvalue weighted by atomic mass is 16.1. The summed E-state index contributed by atoms with van der Waals surface area (Å²) in [6.45, 7) is 6.03. The molecule has 1 aromatic rings. The van der Waals surface area contributed by atoms with Crippen molar-refractivity contribution >= 4 is 12.0 Å². The van der Waals surface area contributed by atoms with Crippen LogP contribution in [0.3, 0.4) is 0 Å². The lowest BCUT2D eigenvalue weighted by atomic mass is 9.90. The number of hydrogen-bond acceptors (Lipinski definition) is 3. The Morgan fingerprint density at radius 1 is 1.32 bits per heavy atom. The summed E-state index contributed by atoms with van der Waals surface area (Å²) in [4.78, 5) is 9.50. The molecule has 2 N–H and O–H groups in total. The number of anilines is 1. The van der Waals surface area contributed by atoms with Gasteiger partial charge in [0.2, 0.25) is 0 Å². The van der Waals surface area contributed by atoms with Gasteiger partial charge in [-0.1, -0.05) is 26.0 Å². The van der Waals surface area contributed by atoms with Crippen LogP contribution in [-0.4, -0.2) is 26.4 Å². The zero-order valence-electron chi connectivity index (χ0n) is 12.3. The van der Waals surface area contributed by atoms with Crippen LogP contribution in [0.25, 0.3) is 0 Å². The van der Waals surface area contributed by atoms with Gasteiger partial charge in [0.05, 0.1) is 0 Å². The second-order valence-corrected chi connectivity index (χ2v) is 5.28. The summed E-state index contributed by atoms with van der Waals surface area (Å²) in [6, 6.07) is 8.78. The van der Waals surface area contributed by atoms with E-state index in [0.717, 1.165) is 25.3 Å². The average molecular weight is 262 g/mol. The summed E-state index contributed by atoms with van der Waals surface area (Å²) < 4.78 is 0. The molecular weight excluding hydrogens is 236 g/mol. The van der Waals surface area contributed by atoms with E-state index >= 15 is 0 Å². The SMILES string of the molecule is CC(C)C=O.CNc1cccc(C2CCNCC2)c1. The van der Waals surface area contributed by atoms with Crippen LogP contribution in [-0.2, 0) is 4.79 Å². The summed E-state index contributed by atoms with van der Waals surface area (Å²) in [6.07, 6.45) is 3.46. The molecule has 0 amide bonds. The molecule has 1 aromatic carbocycles. The van der Waals surface area contributed by atoms with Crippen LogP contribution in [0.1, 0.15) is 38.2 Å². The number of rotatable bonds is 3. The third kappa shape index (κ3) is 5.88. The van der Waals surface area contributed by atoms with Gasteiger partial charge in [0, 0.05) is 18.7 Å². The minimum Gasteiger partial charge on any atom is -0.388 e. The highest BCUT2D eigenvalue weighted by molar-refractivity contribution is 5.51. The molecule has 0 saturated carbocycles. The smallest absolute Gasteiger partial charge is 0.122 e. The van der Waals surface area contributed by atoms with Gasteiger partial charge in [-0.25, -0.2) is 0 Å². The van der Waals surface area contributed by atoms with Crippen molar-refractivity contribution in [3.05, 3.63) is 29.8 Å². The fourth-order valence-electron chi connectivity index (χ4n) is 2.10. The zero-order valence-corrected chi connectivity index (χ0v) is 12.3. The molecule has 1 aliphatic heterocycles. The van der Waals surface area contributed by atoms with E-state index in [1.807, 2.05) is 20.9 Å². The van der Waals surface area contributed by atoms with Crippen LogP contribution >= 0.6 is 0 Å². The van der Waals surface area contributed by atoms with Gasteiger partial charge in [-0.15, -0.1) is 0 Å². The first-order valence-electron chi connectivity index (χ1n) is 7.11. The minimum atomic E-state index is 0.204. The Kier molecular flexibility index (Phi) is 7.19. The Morgan fingerprint density at radius 2 is 1.95 bits per heavy atom. The van der Waals surface area contributed by atoms with Crippen molar-refractivity contribution in [2.45, 2.75) is 32.6 Å². The van der Waals surface area contributed by atoms with E-state index in [4.69, 9.17) is 0 Å². The van der Waals surface area contributed by atoms with E-state index in [2.05, 4.69) is 34.9 Å². The van der Waals surface area contributed by atoms with E-state index in [1.54, 1.807) is 0 Å². The number of nitrogens with one attached hydrogen (secondary N) is 2. The van der Waals surface area contributed by atoms with Crippen LogP contribution in [0, 0.1) is 5.92 Å². The molecule has 3 heteroatoms. The summed E-state index contributed by atoms with van der Waals surface area (Å²) in [5, 5.41) is 6.59. The van der Waals surface area contributed by atoms with Gasteiger partial charge in [0.25, 0.3) is 0 Å². The number of carbonyl (C=O) groups excluding carboxylic acids is 1. The lowest BCUT2D eigenvalue weighted by molar-refractivity contribution is -0.110. The van der Waals surface area contributed by atoms with Crippen LogP contribution in [0.4, 0.5) is 5.69 Å². The van der Waals surface area contributed by atoms with E-state index in [9.17, 15) is 4.79 Å². The summed E-state index contributed by atoms with van der Waals surface area (Å²) in [7, 11) is 1.97. The highest BCUT2D eigenvalue weighted by Gasteiger charge is 2.14. The standard InChI is InChI=1S/C12H18N2.C4H8O/c1-13-12-4-2-3-11(9-12)10-5-7-14-8-6-10;1-4(2)3-5/h2-4,9-10,13-14H,5-8H2,1H3;3-4H,1-2H3. The van der Waals surface area contributed by atoms with Crippen molar-refractivity contribution in [2.24, 2.45) is 5.92 Å². The van der Waals surface area contributed by atoms with E-state index in [-0.39, 0.29) is 5.92 Å². The Hall–Kier alpha value is -1.35. The van der Waals surface area contributed by atoms with E-state index in [0.29, 0.717) is 0 Å². The summed E-state index contributed by atoms with van der Waals surface area (Å²) in [5.41, 5.74) is 2.71. The largest absolute Gasteiger partial charge is 0.388 e. The van der Waals surface area contributed by atoms with Gasteiger partial charge in [-0.3, -0.25) is 0 Å². The van der Waals surface area contributed by atoms with Gasteiger partial charge in [-0.2, -0.15) is 0 Å². The second-order valence-electron chi connectivity index (χ2n) is 5.28. The van der Waals surface area contributed by atoms with Crippen molar-refractivity contribution < 1.29 is 4.79 Å². The van der Waals surface area contributed by atoms with Crippen LogP contribution < -0.4 is 10.6 Å². The predicted octanol–water partition coefficient (Wildman–Crippen LogP) is 3.04. The molecule has 106 valence electrons. The highest BCUT2D eigenvalue weighted by Crippen LogP contribution is 2.26. The van der Waals surface area contributed by atoms with Crippen LogP contribution in [0.5, 0.6) is 0 Å². The molecule has 0 aliphatic carbocycles. The Bertz CT molecular complexity index is 371. The van der Waals surface area contributed by atoms with E-state index < -0.39 is 0 Å². The summed E-state index contributed by atoms with van der Waals surface area (Å²) >= 11 is 0. The molecular formula is C16H26N2O. The molecule has 1 aliphatic rings. The topological polar surface area (TPSA) is 41.1 Å². The number of aldehydes is 1. The number of benzene rings is 1. The Balaban J connectivity index is 0.000000312. The van der Waals surface area contributed by atoms with Crippen molar-refractivity contribution in [1.29, 1.82) is 0 Å². The fourth-order valence-corrected chi connectivity index (χ4v) is 2.10. The molecule has 1 fully saturated rings. The Morgan fingerprint density at radius 3 is 2.47 bits per heavy atom. The molecule has 19 heavy (non-hydrogen) atoms. The number of hydrogen-bond donors (Lipinski definition) is 2. The molecule has 2 rings (SSSR count). The lowest BCUT2D eigenvalue weighted by Crippen LogP contribution is -2.26. The van der Waals surface area contributed by atoms with Crippen molar-refractivity contribution in [3.8, 4) is 0 Å². The molecule has 0 aromatic heterocycles. The van der Waals surface area contributed by atoms with Gasteiger partial charge < -0.3 is 15.4 Å². The third-order valence-corrected chi connectivity index (χ3v) is 3.26. The Labute approximate surface area is 116 Å². The van der Waals surface area contributed by atoms with Crippen molar-refractivity contribution in [1.82, 2.24) is 5.32 Å². The molecule has 0 bridgehead atoms. The second kappa shape index (κ2) is 8.70. The monoisotopic (exact) mass is 262 g/mol. The first kappa shape index (κ1) is 15.7. The molecule has 1 saturated heterocycles. The maximum absolute atomic E-state index is 9.50. The van der Waals surface area contributed by atoms with Gasteiger partial charge in [-0.05, 0) is 49.5 Å². The molecule has 1 heterocycles. The van der Waals surface area contributed by atoms with E-state index in [1.165, 1.54) is 24.1 Å². The van der Waals surface area contributed by atoms with Crippen molar-refractivity contribution in [2.75, 3.05) is 25.5 Å². The molecule has 0 spiro atoms. The maximum atomic E-state index is 9.50. The fraction of sp³-hybridized carbons (Fsp3) is 0.562. The van der Waals surface area contributed by atoms with Crippen molar-refractivity contribution in [3.63, 3.8) is 0 Å². The normalized spacial score (nSPS) is 15.6. The number of carbonyl (C=O) groups is 1. The summed E-state index contributed by atoms with van der Waals surface area (Å²) in [5.74, 6) is 0.958. The predicted molar refractivity (Wildman–Crippen MR) is 81.7 cm³/mol. The average Bonchev–Trinajstić information content (AvgIpc) is 2.49. The third-order valence-electron chi connectivity index (χ3n) is 3.26. The first-order valence-corrected chi connectivity index (χ1v) is 7.11. The van der Waals surface area contributed by atoms with Gasteiger partial charge in [0.1, 0.15) is 6.29 Å².